The van der Waals surface area contributed by atoms with Crippen LogP contribution in [0.15, 0.2) is 42.5 Å². The highest BCUT2D eigenvalue weighted by molar-refractivity contribution is 5.78. The zero-order valence-corrected chi connectivity index (χ0v) is 18.2. The maximum absolute atomic E-state index is 12.5. The molecule has 2 aromatic carbocycles. The summed E-state index contributed by atoms with van der Waals surface area (Å²) in [5.74, 6) is 2.15. The summed E-state index contributed by atoms with van der Waals surface area (Å²) in [6, 6.07) is 14.6. The number of carbonyl (C=O) groups excluding carboxylic acids is 1. The molecule has 0 saturated carbocycles. The van der Waals surface area contributed by atoms with Crippen LogP contribution >= 0.6 is 0 Å². The molecule has 3 aromatic rings. The molecule has 1 fully saturated rings. The van der Waals surface area contributed by atoms with Crippen molar-refractivity contribution in [3.8, 4) is 5.75 Å². The van der Waals surface area contributed by atoms with Crippen molar-refractivity contribution in [3.63, 3.8) is 0 Å². The molecule has 0 unspecified atom stereocenters. The van der Waals surface area contributed by atoms with E-state index in [4.69, 9.17) is 9.72 Å². The van der Waals surface area contributed by atoms with Gasteiger partial charge in [0, 0.05) is 19.5 Å². The van der Waals surface area contributed by atoms with Crippen molar-refractivity contribution < 1.29 is 9.53 Å². The van der Waals surface area contributed by atoms with Gasteiger partial charge in [0.05, 0.1) is 23.7 Å². The van der Waals surface area contributed by atoms with Gasteiger partial charge in [-0.3, -0.25) is 4.79 Å². The molecule has 4 rings (SSSR count). The Labute approximate surface area is 178 Å². The minimum Gasteiger partial charge on any atom is -0.494 e. The lowest BCUT2D eigenvalue weighted by molar-refractivity contribution is -0.131. The monoisotopic (exact) mass is 405 g/mol. The number of fused-ring (bicyclic) bond motifs is 1. The minimum absolute atomic E-state index is 0.0746. The second-order valence-corrected chi connectivity index (χ2v) is 8.16. The third-order valence-corrected chi connectivity index (χ3v) is 6.13. The first-order valence-corrected chi connectivity index (χ1v) is 11.0. The van der Waals surface area contributed by atoms with Crippen molar-refractivity contribution in [1.82, 2.24) is 14.5 Å². The summed E-state index contributed by atoms with van der Waals surface area (Å²) in [5.41, 5.74) is 4.66. The third kappa shape index (κ3) is 4.07. The zero-order chi connectivity index (χ0) is 21.1. The van der Waals surface area contributed by atoms with Gasteiger partial charge in [-0.05, 0) is 68.5 Å². The number of hydrogen-bond donors (Lipinski definition) is 0. The number of rotatable bonds is 7. The fourth-order valence-electron chi connectivity index (χ4n) is 4.34. The van der Waals surface area contributed by atoms with Crippen molar-refractivity contribution in [2.24, 2.45) is 0 Å². The van der Waals surface area contributed by atoms with Crippen molar-refractivity contribution in [3.05, 3.63) is 59.4 Å². The molecule has 0 bridgehead atoms. The van der Waals surface area contributed by atoms with E-state index in [-0.39, 0.29) is 11.9 Å². The van der Waals surface area contributed by atoms with Crippen LogP contribution in [0.1, 0.15) is 55.6 Å². The average molecular weight is 406 g/mol. The summed E-state index contributed by atoms with van der Waals surface area (Å²) >= 11 is 0. The second-order valence-electron chi connectivity index (χ2n) is 8.16. The fraction of sp³-hybridized carbons (Fsp3) is 0.440. The van der Waals surface area contributed by atoms with Gasteiger partial charge in [0.2, 0.25) is 5.91 Å². The van der Waals surface area contributed by atoms with Crippen molar-refractivity contribution in [2.75, 3.05) is 13.2 Å². The van der Waals surface area contributed by atoms with E-state index in [0.717, 1.165) is 55.0 Å². The molecular formula is C25H31N3O2. The van der Waals surface area contributed by atoms with E-state index in [0.29, 0.717) is 13.0 Å². The highest BCUT2D eigenvalue weighted by Crippen LogP contribution is 2.34. The van der Waals surface area contributed by atoms with Crippen LogP contribution in [0.3, 0.4) is 0 Å². The fourth-order valence-corrected chi connectivity index (χ4v) is 4.34. The van der Waals surface area contributed by atoms with Gasteiger partial charge >= 0.3 is 0 Å². The van der Waals surface area contributed by atoms with Gasteiger partial charge in [0.15, 0.2) is 0 Å². The van der Waals surface area contributed by atoms with Crippen LogP contribution in [0.5, 0.6) is 5.75 Å². The Morgan fingerprint density at radius 2 is 2.00 bits per heavy atom. The summed E-state index contributed by atoms with van der Waals surface area (Å²) in [6.07, 6.45) is 3.44. The van der Waals surface area contributed by atoms with E-state index in [1.807, 2.05) is 24.0 Å². The maximum Gasteiger partial charge on any atom is 0.222 e. The second kappa shape index (κ2) is 8.90. The molecule has 5 heteroatoms. The first kappa shape index (κ1) is 20.5. The number of aromatic nitrogens is 2. The topological polar surface area (TPSA) is 47.4 Å². The summed E-state index contributed by atoms with van der Waals surface area (Å²) in [4.78, 5) is 19.4. The molecule has 0 N–H and O–H groups in total. The van der Waals surface area contributed by atoms with Gasteiger partial charge in [0.25, 0.3) is 0 Å². The number of likely N-dealkylation sites (tertiary alicyclic amines) is 1. The quantitative estimate of drug-likeness (QED) is 0.508. The largest absolute Gasteiger partial charge is 0.494 e. The molecule has 1 aliphatic heterocycles. The lowest BCUT2D eigenvalue weighted by Crippen LogP contribution is -2.31. The number of aryl methyl sites for hydroxylation is 3. The number of para-hydroxylation sites is 2. The predicted molar refractivity (Wildman–Crippen MR) is 120 cm³/mol. The van der Waals surface area contributed by atoms with Crippen LogP contribution in [0.25, 0.3) is 11.0 Å². The Balaban J connectivity index is 1.52. The standard InChI is InChI=1S/C25H31N3O2/c1-4-24(29)27-14-7-11-23(27)25-26-21-9-5-6-10-22(21)28(25)15-8-16-30-20-13-12-18(2)19(3)17-20/h5-6,9-10,12-13,17,23H,4,7-8,11,14-16H2,1-3H3/t23-/m1/s1. The molecular weight excluding hydrogens is 374 g/mol. The van der Waals surface area contributed by atoms with Gasteiger partial charge in [-0.15, -0.1) is 0 Å². The summed E-state index contributed by atoms with van der Waals surface area (Å²) in [5, 5.41) is 0. The average Bonchev–Trinajstić information content (AvgIpc) is 3.38. The Hall–Kier alpha value is -2.82. The molecule has 158 valence electrons. The molecule has 2 heterocycles. The molecule has 0 aliphatic carbocycles. The van der Waals surface area contributed by atoms with E-state index < -0.39 is 0 Å². The molecule has 1 aromatic heterocycles. The maximum atomic E-state index is 12.5. The van der Waals surface area contributed by atoms with Crippen LogP contribution in [0.4, 0.5) is 0 Å². The minimum atomic E-state index is 0.0746. The van der Waals surface area contributed by atoms with E-state index in [1.165, 1.54) is 11.1 Å². The molecule has 1 saturated heterocycles. The van der Waals surface area contributed by atoms with Gasteiger partial charge in [-0.25, -0.2) is 4.98 Å². The van der Waals surface area contributed by atoms with Crippen LogP contribution in [-0.4, -0.2) is 33.5 Å². The highest BCUT2D eigenvalue weighted by Gasteiger charge is 2.32. The Morgan fingerprint density at radius 1 is 1.17 bits per heavy atom. The van der Waals surface area contributed by atoms with Crippen molar-refractivity contribution in [1.29, 1.82) is 0 Å². The molecule has 1 atom stereocenters. The summed E-state index contributed by atoms with van der Waals surface area (Å²) < 4.78 is 8.29. The third-order valence-electron chi connectivity index (χ3n) is 6.13. The van der Waals surface area contributed by atoms with Gasteiger partial charge < -0.3 is 14.2 Å². The van der Waals surface area contributed by atoms with E-state index >= 15 is 0 Å². The van der Waals surface area contributed by atoms with Crippen LogP contribution in [-0.2, 0) is 11.3 Å². The first-order valence-electron chi connectivity index (χ1n) is 11.0. The number of nitrogens with zero attached hydrogens (tertiary/aromatic N) is 3. The summed E-state index contributed by atoms with van der Waals surface area (Å²) in [6.45, 7) is 8.46. The van der Waals surface area contributed by atoms with E-state index in [2.05, 4.69) is 48.7 Å². The Kier molecular flexibility index (Phi) is 6.07. The van der Waals surface area contributed by atoms with E-state index in [9.17, 15) is 4.79 Å². The number of carbonyl (C=O) groups is 1. The lowest BCUT2D eigenvalue weighted by atomic mass is 10.1. The van der Waals surface area contributed by atoms with Crippen molar-refractivity contribution in [2.45, 2.75) is 59.0 Å². The normalized spacial score (nSPS) is 16.4. The Morgan fingerprint density at radius 3 is 2.80 bits per heavy atom. The number of imidazole rings is 1. The first-order chi connectivity index (χ1) is 14.6. The molecule has 5 nitrogen and oxygen atoms in total. The van der Waals surface area contributed by atoms with Crippen LogP contribution < -0.4 is 4.74 Å². The smallest absolute Gasteiger partial charge is 0.222 e. The number of benzene rings is 2. The van der Waals surface area contributed by atoms with Crippen molar-refractivity contribution >= 4 is 16.9 Å². The van der Waals surface area contributed by atoms with E-state index in [1.54, 1.807) is 0 Å². The SMILES string of the molecule is CCC(=O)N1CCC[C@@H]1c1nc2ccccc2n1CCCOc1ccc(C)c(C)c1. The van der Waals surface area contributed by atoms with Crippen LogP contribution in [0.2, 0.25) is 0 Å². The van der Waals surface area contributed by atoms with Gasteiger partial charge in [0.1, 0.15) is 11.6 Å². The molecule has 1 amide bonds. The summed E-state index contributed by atoms with van der Waals surface area (Å²) in [7, 11) is 0. The molecule has 30 heavy (non-hydrogen) atoms. The number of ether oxygens (including phenoxy) is 1. The molecule has 0 spiro atoms. The molecule has 0 radical (unpaired) electrons. The highest BCUT2D eigenvalue weighted by atomic mass is 16.5. The lowest BCUT2D eigenvalue weighted by Gasteiger charge is -2.25. The zero-order valence-electron chi connectivity index (χ0n) is 18.2. The molecule has 1 aliphatic rings. The van der Waals surface area contributed by atoms with Gasteiger partial charge in [-0.2, -0.15) is 0 Å². The predicted octanol–water partition coefficient (Wildman–Crippen LogP) is 5.20. The number of amides is 1. The van der Waals surface area contributed by atoms with Gasteiger partial charge in [-0.1, -0.05) is 25.1 Å². The number of hydrogen-bond acceptors (Lipinski definition) is 3. The Bertz CT molecular complexity index is 1040. The van der Waals surface area contributed by atoms with Crippen LogP contribution in [0, 0.1) is 13.8 Å².